The molecule has 1 amide bonds. The van der Waals surface area contributed by atoms with E-state index in [0.29, 0.717) is 22.3 Å². The maximum Gasteiger partial charge on any atom is 0.244 e. The molecule has 3 nitrogen and oxygen atoms in total. The molecular weight excluding hydrogens is 271 g/mol. The summed E-state index contributed by atoms with van der Waals surface area (Å²) in [4.78, 5) is 14.1. The zero-order chi connectivity index (χ0) is 13.1. The van der Waals surface area contributed by atoms with Crippen molar-refractivity contribution in [1.82, 2.24) is 5.32 Å². The summed E-state index contributed by atoms with van der Waals surface area (Å²) < 4.78 is 0. The van der Waals surface area contributed by atoms with Crippen LogP contribution in [0.1, 0.15) is 19.8 Å². The first-order valence-electron chi connectivity index (χ1n) is 6.13. The van der Waals surface area contributed by atoms with Gasteiger partial charge in [0.25, 0.3) is 0 Å². The van der Waals surface area contributed by atoms with Crippen LogP contribution in [0.2, 0.25) is 10.0 Å². The molecule has 0 spiro atoms. The van der Waals surface area contributed by atoms with Gasteiger partial charge in [-0.15, -0.1) is 0 Å². The van der Waals surface area contributed by atoms with Crippen LogP contribution in [-0.4, -0.2) is 25.0 Å². The lowest BCUT2D eigenvalue weighted by atomic mass is 10.0. The summed E-state index contributed by atoms with van der Waals surface area (Å²) in [5.41, 5.74) is 0.705. The van der Waals surface area contributed by atoms with E-state index in [1.165, 1.54) is 0 Å². The van der Waals surface area contributed by atoms with Crippen LogP contribution in [-0.2, 0) is 4.79 Å². The average Bonchev–Trinajstić information content (AvgIpc) is 2.35. The Morgan fingerprint density at radius 3 is 2.94 bits per heavy atom. The number of hydrogen-bond donors (Lipinski definition) is 1. The van der Waals surface area contributed by atoms with Gasteiger partial charge in [-0.1, -0.05) is 30.1 Å². The van der Waals surface area contributed by atoms with Crippen LogP contribution in [0.4, 0.5) is 5.69 Å². The van der Waals surface area contributed by atoms with Crippen LogP contribution in [0.15, 0.2) is 18.2 Å². The normalized spacial score (nSPS) is 20.3. The quantitative estimate of drug-likeness (QED) is 0.926. The molecule has 0 saturated carbocycles. The van der Waals surface area contributed by atoms with E-state index < -0.39 is 0 Å². The molecule has 1 unspecified atom stereocenters. The Kier molecular flexibility index (Phi) is 4.49. The van der Waals surface area contributed by atoms with Gasteiger partial charge >= 0.3 is 0 Å². The number of benzene rings is 1. The molecule has 0 aromatic heterocycles. The maximum atomic E-state index is 12.3. The van der Waals surface area contributed by atoms with Crippen molar-refractivity contribution in [2.75, 3.05) is 18.0 Å². The first-order chi connectivity index (χ1) is 8.63. The summed E-state index contributed by atoms with van der Waals surface area (Å²) in [6, 6.07) is 5.09. The highest BCUT2D eigenvalue weighted by Gasteiger charge is 2.29. The number of carbonyl (C=O) groups is 1. The molecule has 18 heavy (non-hydrogen) atoms. The van der Waals surface area contributed by atoms with E-state index in [9.17, 15) is 4.79 Å². The molecular formula is C13H16Cl2N2O. The highest BCUT2D eigenvalue weighted by molar-refractivity contribution is 6.35. The van der Waals surface area contributed by atoms with Gasteiger partial charge in [-0.2, -0.15) is 0 Å². The van der Waals surface area contributed by atoms with Crippen molar-refractivity contribution in [3.63, 3.8) is 0 Å². The number of piperidine rings is 1. The molecule has 1 atom stereocenters. The molecule has 1 fully saturated rings. The van der Waals surface area contributed by atoms with Gasteiger partial charge in [0.05, 0.1) is 16.8 Å². The van der Waals surface area contributed by atoms with Crippen LogP contribution in [0, 0.1) is 0 Å². The summed E-state index contributed by atoms with van der Waals surface area (Å²) >= 11 is 12.1. The van der Waals surface area contributed by atoms with Crippen LogP contribution in [0.5, 0.6) is 0 Å². The third-order valence-corrected chi connectivity index (χ3v) is 3.64. The molecule has 0 radical (unpaired) electrons. The summed E-state index contributed by atoms with van der Waals surface area (Å²) in [5.74, 6) is 0.0762. The third-order valence-electron chi connectivity index (χ3n) is 3.09. The predicted octanol–water partition coefficient (Wildman–Crippen LogP) is 3.10. The smallest absolute Gasteiger partial charge is 0.244 e. The van der Waals surface area contributed by atoms with Crippen LogP contribution in [0.3, 0.4) is 0 Å². The predicted molar refractivity (Wildman–Crippen MR) is 75.5 cm³/mol. The number of anilines is 1. The molecule has 1 aliphatic rings. The Hall–Kier alpha value is -0.770. The molecule has 1 N–H and O–H groups in total. The zero-order valence-electron chi connectivity index (χ0n) is 10.2. The SMILES string of the molecule is CCNC1CCCN(c2cc(Cl)ccc2Cl)C1=O. The summed E-state index contributed by atoms with van der Waals surface area (Å²) in [5, 5.41) is 4.35. The molecule has 0 bridgehead atoms. The highest BCUT2D eigenvalue weighted by atomic mass is 35.5. The van der Waals surface area contributed by atoms with Gasteiger partial charge < -0.3 is 10.2 Å². The van der Waals surface area contributed by atoms with E-state index in [4.69, 9.17) is 23.2 Å². The second-order valence-electron chi connectivity index (χ2n) is 4.34. The summed E-state index contributed by atoms with van der Waals surface area (Å²) in [7, 11) is 0. The first-order valence-corrected chi connectivity index (χ1v) is 6.89. The number of amides is 1. The number of carbonyl (C=O) groups excluding carboxylic acids is 1. The van der Waals surface area contributed by atoms with E-state index in [2.05, 4.69) is 5.32 Å². The van der Waals surface area contributed by atoms with Crippen molar-refractivity contribution in [2.45, 2.75) is 25.8 Å². The maximum absolute atomic E-state index is 12.3. The van der Waals surface area contributed by atoms with Crippen molar-refractivity contribution in [2.24, 2.45) is 0 Å². The lowest BCUT2D eigenvalue weighted by Crippen LogP contribution is -2.50. The van der Waals surface area contributed by atoms with E-state index >= 15 is 0 Å². The fraction of sp³-hybridized carbons (Fsp3) is 0.462. The fourth-order valence-corrected chi connectivity index (χ4v) is 2.63. The third kappa shape index (κ3) is 2.79. The summed E-state index contributed by atoms with van der Waals surface area (Å²) in [6.07, 6.45) is 1.84. The summed E-state index contributed by atoms with van der Waals surface area (Å²) in [6.45, 7) is 3.48. The van der Waals surface area contributed by atoms with Crippen molar-refractivity contribution < 1.29 is 4.79 Å². The largest absolute Gasteiger partial charge is 0.310 e. The molecule has 1 saturated heterocycles. The fourth-order valence-electron chi connectivity index (χ4n) is 2.24. The average molecular weight is 287 g/mol. The molecule has 1 aliphatic heterocycles. The minimum absolute atomic E-state index is 0.0762. The lowest BCUT2D eigenvalue weighted by molar-refractivity contribution is -0.121. The van der Waals surface area contributed by atoms with Gasteiger partial charge in [0.15, 0.2) is 0 Å². The second-order valence-corrected chi connectivity index (χ2v) is 5.18. The Morgan fingerprint density at radius 1 is 1.44 bits per heavy atom. The molecule has 0 aliphatic carbocycles. The Morgan fingerprint density at radius 2 is 2.22 bits per heavy atom. The Labute approximate surface area is 117 Å². The second kappa shape index (κ2) is 5.91. The minimum Gasteiger partial charge on any atom is -0.310 e. The highest BCUT2D eigenvalue weighted by Crippen LogP contribution is 2.31. The van der Waals surface area contributed by atoms with Gasteiger partial charge in [-0.25, -0.2) is 0 Å². The number of nitrogens with one attached hydrogen (secondary N) is 1. The van der Waals surface area contributed by atoms with Crippen LogP contribution >= 0.6 is 23.2 Å². The van der Waals surface area contributed by atoms with Crippen molar-refractivity contribution in [3.05, 3.63) is 28.2 Å². The van der Waals surface area contributed by atoms with Crippen LogP contribution in [0.25, 0.3) is 0 Å². The van der Waals surface area contributed by atoms with Gasteiger partial charge in [0.2, 0.25) is 5.91 Å². The number of likely N-dealkylation sites (N-methyl/N-ethyl adjacent to an activating group) is 1. The first kappa shape index (κ1) is 13.7. The Balaban J connectivity index is 2.26. The number of rotatable bonds is 3. The molecule has 98 valence electrons. The van der Waals surface area contributed by atoms with E-state index in [1.807, 2.05) is 6.92 Å². The van der Waals surface area contributed by atoms with Crippen molar-refractivity contribution >= 4 is 34.8 Å². The monoisotopic (exact) mass is 286 g/mol. The molecule has 1 heterocycles. The molecule has 1 aromatic carbocycles. The van der Waals surface area contributed by atoms with Crippen molar-refractivity contribution in [1.29, 1.82) is 0 Å². The zero-order valence-corrected chi connectivity index (χ0v) is 11.8. The van der Waals surface area contributed by atoms with Crippen molar-refractivity contribution in [3.8, 4) is 0 Å². The lowest BCUT2D eigenvalue weighted by Gasteiger charge is -2.33. The van der Waals surface area contributed by atoms with Gasteiger partial charge in [-0.05, 0) is 37.6 Å². The number of nitrogens with zero attached hydrogens (tertiary/aromatic N) is 1. The van der Waals surface area contributed by atoms with Gasteiger partial charge in [-0.3, -0.25) is 4.79 Å². The minimum atomic E-state index is -0.112. The van der Waals surface area contributed by atoms with E-state index in [0.717, 1.165) is 19.4 Å². The number of hydrogen-bond acceptors (Lipinski definition) is 2. The topological polar surface area (TPSA) is 32.3 Å². The van der Waals surface area contributed by atoms with Gasteiger partial charge in [0, 0.05) is 11.6 Å². The standard InChI is InChI=1S/C13H16Cl2N2O/c1-2-16-11-4-3-7-17(13(11)18)12-8-9(14)5-6-10(12)15/h5-6,8,11,16H,2-4,7H2,1H3. The number of halogens is 2. The molecule has 5 heteroatoms. The molecule has 1 aromatic rings. The van der Waals surface area contributed by atoms with E-state index in [1.54, 1.807) is 23.1 Å². The Bertz CT molecular complexity index is 449. The van der Waals surface area contributed by atoms with Crippen LogP contribution < -0.4 is 10.2 Å². The van der Waals surface area contributed by atoms with Gasteiger partial charge in [0.1, 0.15) is 0 Å². The molecule has 2 rings (SSSR count). The van der Waals surface area contributed by atoms with E-state index in [-0.39, 0.29) is 11.9 Å².